The van der Waals surface area contributed by atoms with E-state index in [9.17, 15) is 4.79 Å². The molecule has 0 atom stereocenters. The van der Waals surface area contributed by atoms with Gasteiger partial charge in [0.15, 0.2) is 0 Å². The average Bonchev–Trinajstić information content (AvgIpc) is 2.64. The van der Waals surface area contributed by atoms with Crippen molar-refractivity contribution in [2.75, 3.05) is 5.32 Å². The number of rotatable bonds is 5. The summed E-state index contributed by atoms with van der Waals surface area (Å²) in [4.78, 5) is 16.8. The Morgan fingerprint density at radius 2 is 1.81 bits per heavy atom. The van der Waals surface area contributed by atoms with E-state index in [4.69, 9.17) is 39.5 Å². The molecular formula is C19H13Cl3N2O2. The van der Waals surface area contributed by atoms with E-state index in [0.29, 0.717) is 37.8 Å². The minimum Gasteiger partial charge on any atom is -0.486 e. The van der Waals surface area contributed by atoms with E-state index in [0.717, 1.165) is 0 Å². The number of aromatic nitrogens is 1. The van der Waals surface area contributed by atoms with Gasteiger partial charge in [-0.1, -0.05) is 46.9 Å². The second-order valence-electron chi connectivity index (χ2n) is 5.30. The molecule has 0 bridgehead atoms. The number of ether oxygens (including phenoxy) is 1. The van der Waals surface area contributed by atoms with Crippen LogP contribution in [0.25, 0.3) is 0 Å². The van der Waals surface area contributed by atoms with Crippen LogP contribution in [-0.4, -0.2) is 10.9 Å². The van der Waals surface area contributed by atoms with Crippen molar-refractivity contribution in [3.05, 3.63) is 87.1 Å². The third-order valence-corrected chi connectivity index (χ3v) is 4.39. The number of carbonyl (C=O) groups is 1. The Hall–Kier alpha value is -2.27. The molecule has 3 aromatic rings. The first kappa shape index (κ1) is 18.5. The molecule has 7 heteroatoms. The summed E-state index contributed by atoms with van der Waals surface area (Å²) >= 11 is 18.1. The normalized spacial score (nSPS) is 10.4. The van der Waals surface area contributed by atoms with Crippen LogP contribution in [0, 0.1) is 0 Å². The molecule has 0 aliphatic heterocycles. The molecule has 0 spiro atoms. The first-order valence-corrected chi connectivity index (χ1v) is 8.75. The van der Waals surface area contributed by atoms with Gasteiger partial charge in [0, 0.05) is 17.3 Å². The van der Waals surface area contributed by atoms with Crippen LogP contribution < -0.4 is 10.1 Å². The minimum absolute atomic E-state index is 0.0617. The molecule has 0 saturated heterocycles. The van der Waals surface area contributed by atoms with E-state index < -0.39 is 0 Å². The Balaban J connectivity index is 1.78. The minimum atomic E-state index is -0.331. The van der Waals surface area contributed by atoms with Crippen molar-refractivity contribution in [3.63, 3.8) is 0 Å². The van der Waals surface area contributed by atoms with Crippen LogP contribution in [-0.2, 0) is 6.61 Å². The average molecular weight is 408 g/mol. The van der Waals surface area contributed by atoms with Crippen molar-refractivity contribution in [1.29, 1.82) is 0 Å². The Morgan fingerprint density at radius 3 is 2.62 bits per heavy atom. The maximum Gasteiger partial charge on any atom is 0.257 e. The maximum absolute atomic E-state index is 12.6. The van der Waals surface area contributed by atoms with Crippen LogP contribution in [0.1, 0.15) is 16.1 Å². The summed E-state index contributed by atoms with van der Waals surface area (Å²) in [7, 11) is 0. The highest BCUT2D eigenvalue weighted by molar-refractivity contribution is 6.34. The summed E-state index contributed by atoms with van der Waals surface area (Å²) in [6.07, 6.45) is 1.59. The number of amides is 1. The van der Waals surface area contributed by atoms with Crippen molar-refractivity contribution in [2.24, 2.45) is 0 Å². The molecule has 1 N–H and O–H groups in total. The van der Waals surface area contributed by atoms with Crippen LogP contribution in [0.5, 0.6) is 5.75 Å². The predicted octanol–water partition coefficient (Wildman–Crippen LogP) is 5.87. The van der Waals surface area contributed by atoms with Gasteiger partial charge in [0.1, 0.15) is 12.4 Å². The molecule has 0 unspecified atom stereocenters. The number of carbonyl (C=O) groups excluding carboxylic acids is 1. The fourth-order valence-corrected chi connectivity index (χ4v) is 2.76. The smallest absolute Gasteiger partial charge is 0.257 e. The zero-order valence-corrected chi connectivity index (χ0v) is 15.6. The number of anilines is 1. The van der Waals surface area contributed by atoms with Crippen molar-refractivity contribution < 1.29 is 9.53 Å². The monoisotopic (exact) mass is 406 g/mol. The zero-order chi connectivity index (χ0) is 18.5. The third-order valence-electron chi connectivity index (χ3n) is 3.51. The van der Waals surface area contributed by atoms with Gasteiger partial charge in [0.2, 0.25) is 0 Å². The van der Waals surface area contributed by atoms with Gasteiger partial charge in [-0.2, -0.15) is 0 Å². The number of halogens is 3. The number of nitrogens with zero attached hydrogens (tertiary/aromatic N) is 1. The standard InChI is InChI=1S/C19H13Cl3N2O2/c20-12-7-8-15(22)18(10-12)26-11-17-13(4-3-9-23-17)19(25)24-16-6-2-1-5-14(16)21/h1-10H,11H2,(H,24,25). The van der Waals surface area contributed by atoms with Gasteiger partial charge < -0.3 is 10.1 Å². The van der Waals surface area contributed by atoms with E-state index >= 15 is 0 Å². The third kappa shape index (κ3) is 4.47. The molecule has 1 amide bonds. The number of para-hydroxylation sites is 1. The number of hydrogen-bond acceptors (Lipinski definition) is 3. The molecule has 0 aliphatic carbocycles. The lowest BCUT2D eigenvalue weighted by molar-refractivity contribution is 0.102. The highest BCUT2D eigenvalue weighted by Crippen LogP contribution is 2.28. The topological polar surface area (TPSA) is 51.2 Å². The number of pyridine rings is 1. The molecule has 132 valence electrons. The van der Waals surface area contributed by atoms with Gasteiger partial charge in [0.05, 0.1) is 27.0 Å². The van der Waals surface area contributed by atoms with E-state index in [1.807, 2.05) is 0 Å². The molecular weight excluding hydrogens is 395 g/mol. The number of nitrogens with one attached hydrogen (secondary N) is 1. The lowest BCUT2D eigenvalue weighted by atomic mass is 10.1. The zero-order valence-electron chi connectivity index (χ0n) is 13.4. The molecule has 1 heterocycles. The summed E-state index contributed by atoms with van der Waals surface area (Å²) in [5, 5.41) is 4.15. The van der Waals surface area contributed by atoms with Crippen LogP contribution in [0.4, 0.5) is 5.69 Å². The van der Waals surface area contributed by atoms with Gasteiger partial charge in [-0.25, -0.2) is 0 Å². The summed E-state index contributed by atoms with van der Waals surface area (Å²) in [6.45, 7) is 0.0617. The lowest BCUT2D eigenvalue weighted by Gasteiger charge is -2.12. The van der Waals surface area contributed by atoms with Crippen molar-refractivity contribution >= 4 is 46.4 Å². The quantitative estimate of drug-likeness (QED) is 0.575. The van der Waals surface area contributed by atoms with Crippen molar-refractivity contribution in [1.82, 2.24) is 4.98 Å². The first-order valence-electron chi connectivity index (χ1n) is 7.62. The molecule has 1 aromatic heterocycles. The second kappa shape index (κ2) is 8.41. The van der Waals surface area contributed by atoms with Crippen LogP contribution in [0.2, 0.25) is 15.1 Å². The van der Waals surface area contributed by atoms with Crippen LogP contribution in [0.3, 0.4) is 0 Å². The first-order chi connectivity index (χ1) is 12.5. The van der Waals surface area contributed by atoms with E-state index in [1.165, 1.54) is 0 Å². The van der Waals surface area contributed by atoms with E-state index in [2.05, 4.69) is 10.3 Å². The summed E-state index contributed by atoms with van der Waals surface area (Å²) in [5.41, 5.74) is 1.37. The molecule has 0 fully saturated rings. The largest absolute Gasteiger partial charge is 0.486 e. The maximum atomic E-state index is 12.6. The molecule has 26 heavy (non-hydrogen) atoms. The molecule has 3 rings (SSSR count). The molecule has 2 aromatic carbocycles. The molecule has 0 aliphatic rings. The van der Waals surface area contributed by atoms with Gasteiger partial charge in [0.25, 0.3) is 5.91 Å². The van der Waals surface area contributed by atoms with Gasteiger partial charge in [-0.15, -0.1) is 0 Å². The Labute approximate surface area is 165 Å². The van der Waals surface area contributed by atoms with Crippen molar-refractivity contribution in [2.45, 2.75) is 6.61 Å². The summed E-state index contributed by atoms with van der Waals surface area (Å²) < 4.78 is 5.68. The molecule has 0 radical (unpaired) electrons. The van der Waals surface area contributed by atoms with Gasteiger partial charge >= 0.3 is 0 Å². The van der Waals surface area contributed by atoms with Crippen LogP contribution in [0.15, 0.2) is 60.8 Å². The number of hydrogen-bond donors (Lipinski definition) is 1. The Morgan fingerprint density at radius 1 is 1.00 bits per heavy atom. The lowest BCUT2D eigenvalue weighted by Crippen LogP contribution is -2.16. The summed E-state index contributed by atoms with van der Waals surface area (Å²) in [6, 6.07) is 15.3. The van der Waals surface area contributed by atoms with Gasteiger partial charge in [-0.3, -0.25) is 9.78 Å². The second-order valence-corrected chi connectivity index (χ2v) is 6.55. The molecule has 4 nitrogen and oxygen atoms in total. The van der Waals surface area contributed by atoms with Crippen LogP contribution >= 0.6 is 34.8 Å². The van der Waals surface area contributed by atoms with Crippen molar-refractivity contribution in [3.8, 4) is 5.75 Å². The summed E-state index contributed by atoms with van der Waals surface area (Å²) in [5.74, 6) is 0.0873. The Kier molecular flexibility index (Phi) is 5.99. The Bertz CT molecular complexity index is 948. The highest BCUT2D eigenvalue weighted by atomic mass is 35.5. The van der Waals surface area contributed by atoms with E-state index in [1.54, 1.807) is 60.8 Å². The van der Waals surface area contributed by atoms with E-state index in [-0.39, 0.29) is 12.5 Å². The van der Waals surface area contributed by atoms with Gasteiger partial charge in [-0.05, 0) is 36.4 Å². The highest BCUT2D eigenvalue weighted by Gasteiger charge is 2.15. The predicted molar refractivity (Wildman–Crippen MR) is 104 cm³/mol. The fourth-order valence-electron chi connectivity index (χ4n) is 2.25. The number of benzene rings is 2. The fraction of sp³-hybridized carbons (Fsp3) is 0.0526. The molecule has 0 saturated carbocycles. The SMILES string of the molecule is O=C(Nc1ccccc1Cl)c1cccnc1COc1cc(Cl)ccc1Cl.